The van der Waals surface area contributed by atoms with Crippen LogP contribution in [0.2, 0.25) is 5.02 Å². The molecular weight excluding hydrogens is 336 g/mol. The first kappa shape index (κ1) is 15.8. The number of fused-ring (bicyclic) bond motifs is 1. The molecule has 2 aromatic carbocycles. The van der Waals surface area contributed by atoms with Crippen molar-refractivity contribution >= 4 is 34.3 Å². The Balaban J connectivity index is 1.93. The molecule has 0 amide bonds. The third-order valence-electron chi connectivity index (χ3n) is 3.37. The number of ether oxygens (including phenoxy) is 2. The molecule has 0 fully saturated rings. The van der Waals surface area contributed by atoms with Crippen LogP contribution in [0.1, 0.15) is 15.9 Å². The van der Waals surface area contributed by atoms with E-state index in [2.05, 4.69) is 0 Å². The van der Waals surface area contributed by atoms with Gasteiger partial charge in [-0.1, -0.05) is 29.8 Å². The summed E-state index contributed by atoms with van der Waals surface area (Å²) in [5, 5.41) is 0.599. The molecule has 0 aromatic heterocycles. The average Bonchev–Trinajstić information content (AvgIpc) is 2.92. The Morgan fingerprint density at radius 3 is 2.91 bits per heavy atom. The molecule has 0 saturated carbocycles. The Morgan fingerprint density at radius 1 is 1.35 bits per heavy atom. The van der Waals surface area contributed by atoms with Gasteiger partial charge < -0.3 is 9.47 Å². The van der Waals surface area contributed by atoms with Crippen LogP contribution in [-0.2, 0) is 10.8 Å². The summed E-state index contributed by atoms with van der Waals surface area (Å²) in [6.07, 6.45) is 3.11. The van der Waals surface area contributed by atoms with Crippen molar-refractivity contribution in [2.24, 2.45) is 0 Å². The van der Waals surface area contributed by atoms with Crippen molar-refractivity contribution in [2.45, 2.75) is 4.90 Å². The standard InChI is InChI=1S/C17H13ClO4S/c1-21-15-9-16-17(23(20)10-22-16)8-13(15)14(19)6-5-11-3-2-4-12(18)7-11/h2-9H,10H2,1H3/b6-5+. The Labute approximate surface area is 141 Å². The summed E-state index contributed by atoms with van der Waals surface area (Å²) in [5.41, 5.74) is 1.17. The first-order chi connectivity index (χ1) is 11.1. The Hall–Kier alpha value is -2.11. The highest BCUT2D eigenvalue weighted by Crippen LogP contribution is 2.35. The third-order valence-corrected chi connectivity index (χ3v) is 4.75. The topological polar surface area (TPSA) is 52.6 Å². The van der Waals surface area contributed by atoms with Gasteiger partial charge in [-0.05, 0) is 29.8 Å². The van der Waals surface area contributed by atoms with Crippen LogP contribution in [-0.4, -0.2) is 23.0 Å². The molecule has 4 nitrogen and oxygen atoms in total. The number of halogens is 1. The molecule has 0 radical (unpaired) electrons. The van der Waals surface area contributed by atoms with Crippen LogP contribution in [0, 0.1) is 0 Å². The predicted octanol–water partition coefficient (Wildman–Crippen LogP) is 3.70. The zero-order chi connectivity index (χ0) is 16.4. The van der Waals surface area contributed by atoms with E-state index in [1.165, 1.54) is 13.2 Å². The summed E-state index contributed by atoms with van der Waals surface area (Å²) in [4.78, 5) is 13.0. The first-order valence-electron chi connectivity index (χ1n) is 6.79. The summed E-state index contributed by atoms with van der Waals surface area (Å²) in [6, 6.07) is 10.3. The lowest BCUT2D eigenvalue weighted by atomic mass is 10.1. The van der Waals surface area contributed by atoms with Crippen LogP contribution in [0.25, 0.3) is 6.08 Å². The Bertz CT molecular complexity index is 829. The molecule has 2 aromatic rings. The number of ketones is 1. The van der Waals surface area contributed by atoms with Gasteiger partial charge in [0.15, 0.2) is 11.7 Å². The van der Waals surface area contributed by atoms with Crippen LogP contribution < -0.4 is 9.47 Å². The Kier molecular flexibility index (Phi) is 4.50. The lowest BCUT2D eigenvalue weighted by Gasteiger charge is -2.07. The van der Waals surface area contributed by atoms with E-state index in [9.17, 15) is 9.00 Å². The van der Waals surface area contributed by atoms with E-state index in [0.29, 0.717) is 27.0 Å². The smallest absolute Gasteiger partial charge is 0.189 e. The number of hydrogen-bond donors (Lipinski definition) is 0. The predicted molar refractivity (Wildman–Crippen MR) is 89.7 cm³/mol. The molecule has 0 aliphatic carbocycles. The number of methoxy groups -OCH3 is 1. The number of carbonyl (C=O) groups excluding carboxylic acids is 1. The largest absolute Gasteiger partial charge is 0.496 e. The molecule has 0 saturated heterocycles. The van der Waals surface area contributed by atoms with Crippen molar-refractivity contribution in [1.82, 2.24) is 0 Å². The minimum absolute atomic E-state index is 0.106. The molecule has 1 unspecified atom stereocenters. The van der Waals surface area contributed by atoms with Crippen molar-refractivity contribution in [3.05, 3.63) is 58.6 Å². The second-order valence-electron chi connectivity index (χ2n) is 4.86. The highest BCUT2D eigenvalue weighted by Gasteiger charge is 2.24. The van der Waals surface area contributed by atoms with Crippen molar-refractivity contribution in [2.75, 3.05) is 13.0 Å². The van der Waals surface area contributed by atoms with E-state index in [-0.39, 0.29) is 11.7 Å². The monoisotopic (exact) mass is 348 g/mol. The third kappa shape index (κ3) is 3.30. The highest BCUT2D eigenvalue weighted by molar-refractivity contribution is 7.85. The van der Waals surface area contributed by atoms with E-state index in [0.717, 1.165) is 5.56 Å². The quantitative estimate of drug-likeness (QED) is 0.624. The van der Waals surface area contributed by atoms with Crippen LogP contribution in [0.15, 0.2) is 47.4 Å². The van der Waals surface area contributed by atoms with Crippen LogP contribution in [0.5, 0.6) is 11.5 Å². The number of benzene rings is 2. The minimum Gasteiger partial charge on any atom is -0.496 e. The van der Waals surface area contributed by atoms with Crippen LogP contribution in [0.3, 0.4) is 0 Å². The van der Waals surface area contributed by atoms with E-state index < -0.39 is 10.8 Å². The molecule has 3 rings (SSSR count). The fourth-order valence-electron chi connectivity index (χ4n) is 2.25. The van der Waals surface area contributed by atoms with Gasteiger partial charge in [-0.3, -0.25) is 9.00 Å². The summed E-state index contributed by atoms with van der Waals surface area (Å²) < 4.78 is 22.4. The number of carbonyl (C=O) groups is 1. The van der Waals surface area contributed by atoms with E-state index >= 15 is 0 Å². The molecule has 0 bridgehead atoms. The molecule has 1 aliphatic rings. The molecule has 0 N–H and O–H groups in total. The van der Waals surface area contributed by atoms with Crippen LogP contribution >= 0.6 is 11.6 Å². The van der Waals surface area contributed by atoms with E-state index in [4.69, 9.17) is 21.1 Å². The first-order valence-corrected chi connectivity index (χ1v) is 8.49. The van der Waals surface area contributed by atoms with Gasteiger partial charge in [-0.2, -0.15) is 0 Å². The van der Waals surface area contributed by atoms with Gasteiger partial charge in [0.2, 0.25) is 0 Å². The molecule has 118 valence electrons. The van der Waals surface area contributed by atoms with Crippen molar-refractivity contribution < 1.29 is 18.5 Å². The average molecular weight is 349 g/mol. The van der Waals surface area contributed by atoms with Gasteiger partial charge in [-0.15, -0.1) is 0 Å². The molecular formula is C17H13ClO4S. The maximum atomic E-state index is 12.4. The van der Waals surface area contributed by atoms with Crippen LogP contribution in [0.4, 0.5) is 0 Å². The molecule has 6 heteroatoms. The maximum absolute atomic E-state index is 12.4. The lowest BCUT2D eigenvalue weighted by molar-refractivity contribution is 0.104. The SMILES string of the molecule is COc1cc2c(cc1C(=O)/C=C/c1cccc(Cl)c1)S(=O)CO2. The highest BCUT2D eigenvalue weighted by atomic mass is 35.5. The van der Waals surface area contributed by atoms with Gasteiger partial charge >= 0.3 is 0 Å². The van der Waals surface area contributed by atoms with E-state index in [1.54, 1.807) is 30.3 Å². The van der Waals surface area contributed by atoms with Crippen molar-refractivity contribution in [3.8, 4) is 11.5 Å². The maximum Gasteiger partial charge on any atom is 0.189 e. The van der Waals surface area contributed by atoms with Crippen molar-refractivity contribution in [3.63, 3.8) is 0 Å². The van der Waals surface area contributed by atoms with Gasteiger partial charge in [-0.25, -0.2) is 0 Å². The van der Waals surface area contributed by atoms with Gasteiger partial charge in [0.25, 0.3) is 0 Å². The molecule has 0 spiro atoms. The summed E-state index contributed by atoms with van der Waals surface area (Å²) in [5.74, 6) is 0.751. The summed E-state index contributed by atoms with van der Waals surface area (Å²) >= 11 is 5.92. The fraction of sp³-hybridized carbons (Fsp3) is 0.118. The molecule has 23 heavy (non-hydrogen) atoms. The van der Waals surface area contributed by atoms with Gasteiger partial charge in [0.1, 0.15) is 11.5 Å². The zero-order valence-corrected chi connectivity index (χ0v) is 13.8. The number of hydrogen-bond acceptors (Lipinski definition) is 4. The fourth-order valence-corrected chi connectivity index (χ4v) is 3.40. The zero-order valence-electron chi connectivity index (χ0n) is 12.2. The van der Waals surface area contributed by atoms with E-state index in [1.807, 2.05) is 12.1 Å². The normalized spacial score (nSPS) is 16.2. The molecule has 1 heterocycles. The van der Waals surface area contributed by atoms with Gasteiger partial charge in [0.05, 0.1) is 28.4 Å². The minimum atomic E-state index is -1.25. The lowest BCUT2D eigenvalue weighted by Crippen LogP contribution is -2.00. The molecule has 1 atom stereocenters. The summed E-state index contributed by atoms with van der Waals surface area (Å²) in [6.45, 7) is 0. The van der Waals surface area contributed by atoms with Gasteiger partial charge in [0, 0.05) is 11.1 Å². The number of rotatable bonds is 4. The second kappa shape index (κ2) is 6.56. The second-order valence-corrected chi connectivity index (χ2v) is 6.66. The molecule has 1 aliphatic heterocycles. The Morgan fingerprint density at radius 2 is 2.17 bits per heavy atom. The number of allylic oxidation sites excluding steroid dienone is 1. The van der Waals surface area contributed by atoms with Crippen molar-refractivity contribution in [1.29, 1.82) is 0 Å². The summed E-state index contributed by atoms with van der Waals surface area (Å²) in [7, 11) is 0.228.